The molecule has 0 aliphatic heterocycles. The lowest BCUT2D eigenvalue weighted by atomic mass is 10.2. The van der Waals surface area contributed by atoms with Gasteiger partial charge in [-0.15, -0.1) is 11.8 Å². The summed E-state index contributed by atoms with van der Waals surface area (Å²) in [6, 6.07) is 5.05. The van der Waals surface area contributed by atoms with Gasteiger partial charge < -0.3 is 17.2 Å². The van der Waals surface area contributed by atoms with Crippen LogP contribution in [0.3, 0.4) is 0 Å². The van der Waals surface area contributed by atoms with Crippen LogP contribution in [0.25, 0.3) is 0 Å². The van der Waals surface area contributed by atoms with Crippen molar-refractivity contribution in [3.8, 4) is 0 Å². The van der Waals surface area contributed by atoms with E-state index in [1.165, 1.54) is 11.8 Å². The molecule has 0 aliphatic carbocycles. The first-order valence-electron chi connectivity index (χ1n) is 4.55. The van der Waals surface area contributed by atoms with Crippen LogP contribution in [0.4, 0.5) is 5.69 Å². The number of benzene rings is 1. The second-order valence-electron chi connectivity index (χ2n) is 3.29. The van der Waals surface area contributed by atoms with Crippen molar-refractivity contribution in [3.63, 3.8) is 0 Å². The Morgan fingerprint density at radius 1 is 1.53 bits per heavy atom. The number of anilines is 1. The van der Waals surface area contributed by atoms with E-state index >= 15 is 0 Å². The molecule has 0 aromatic heterocycles. The maximum absolute atomic E-state index is 10.7. The summed E-state index contributed by atoms with van der Waals surface area (Å²) in [4.78, 5) is 11.8. The summed E-state index contributed by atoms with van der Waals surface area (Å²) in [6.45, 7) is 1.94. The molecule has 0 aliphatic rings. The summed E-state index contributed by atoms with van der Waals surface area (Å²) in [7, 11) is 0. The van der Waals surface area contributed by atoms with Gasteiger partial charge in [-0.25, -0.2) is 0 Å². The van der Waals surface area contributed by atoms with Crippen molar-refractivity contribution in [2.45, 2.75) is 17.9 Å². The van der Waals surface area contributed by atoms with E-state index in [-0.39, 0.29) is 0 Å². The summed E-state index contributed by atoms with van der Waals surface area (Å²) in [5, 5.41) is 0. The van der Waals surface area contributed by atoms with Crippen LogP contribution in [0.15, 0.2) is 23.1 Å². The number of amides is 1. The standard InChI is InChI=1S/C10H15N3OS/c1-6-7(11)3-2-4-9(6)15-5-8(12)10(13)14/h2-4,8H,5,11-12H2,1H3,(H2,13,14). The quantitative estimate of drug-likeness (QED) is 0.513. The predicted octanol–water partition coefficient (Wildman–Crippen LogP) is 0.482. The number of nitrogen functional groups attached to an aromatic ring is 1. The van der Waals surface area contributed by atoms with Crippen molar-refractivity contribution in [1.29, 1.82) is 0 Å². The molecular formula is C10H15N3OS. The maximum Gasteiger partial charge on any atom is 0.235 e. The van der Waals surface area contributed by atoms with Crippen molar-refractivity contribution >= 4 is 23.4 Å². The number of carbonyl (C=O) groups is 1. The summed E-state index contributed by atoms with van der Waals surface area (Å²) < 4.78 is 0. The zero-order chi connectivity index (χ0) is 11.4. The third kappa shape index (κ3) is 3.14. The first-order valence-corrected chi connectivity index (χ1v) is 5.53. The lowest BCUT2D eigenvalue weighted by Gasteiger charge is -2.10. The van der Waals surface area contributed by atoms with Crippen LogP contribution in [0.5, 0.6) is 0 Å². The molecule has 0 saturated heterocycles. The SMILES string of the molecule is Cc1c(N)cccc1SCC(N)C(N)=O. The molecule has 0 bridgehead atoms. The summed E-state index contributed by atoms with van der Waals surface area (Å²) >= 11 is 1.49. The molecule has 1 unspecified atom stereocenters. The van der Waals surface area contributed by atoms with Crippen molar-refractivity contribution < 1.29 is 4.79 Å². The van der Waals surface area contributed by atoms with E-state index in [1.54, 1.807) is 0 Å². The second-order valence-corrected chi connectivity index (χ2v) is 4.35. The van der Waals surface area contributed by atoms with Gasteiger partial charge in [-0.1, -0.05) is 6.07 Å². The Hall–Kier alpha value is -1.20. The van der Waals surface area contributed by atoms with Crippen LogP contribution in [0, 0.1) is 6.92 Å². The molecule has 6 N–H and O–H groups in total. The number of nitrogens with two attached hydrogens (primary N) is 3. The van der Waals surface area contributed by atoms with Crippen molar-refractivity contribution in [2.75, 3.05) is 11.5 Å². The Bertz CT molecular complexity index is 368. The van der Waals surface area contributed by atoms with Gasteiger partial charge in [0, 0.05) is 16.3 Å². The lowest BCUT2D eigenvalue weighted by Crippen LogP contribution is -2.38. The van der Waals surface area contributed by atoms with Crippen LogP contribution in [-0.4, -0.2) is 17.7 Å². The number of rotatable bonds is 4. The van der Waals surface area contributed by atoms with Crippen LogP contribution in [-0.2, 0) is 4.79 Å². The Morgan fingerprint density at radius 3 is 2.80 bits per heavy atom. The number of hydrogen-bond acceptors (Lipinski definition) is 4. The minimum atomic E-state index is -0.615. The summed E-state index contributed by atoms with van der Waals surface area (Å²) in [5.41, 5.74) is 18.1. The molecule has 1 aromatic rings. The van der Waals surface area contributed by atoms with Crippen LogP contribution in [0.1, 0.15) is 5.56 Å². The molecule has 1 aromatic carbocycles. The summed E-state index contributed by atoms with van der Waals surface area (Å²) in [5.74, 6) is -0.0105. The fraction of sp³-hybridized carbons (Fsp3) is 0.300. The Morgan fingerprint density at radius 2 is 2.20 bits per heavy atom. The van der Waals surface area contributed by atoms with Gasteiger partial charge in [0.05, 0.1) is 6.04 Å². The van der Waals surface area contributed by atoms with E-state index in [9.17, 15) is 4.79 Å². The minimum Gasteiger partial charge on any atom is -0.398 e. The van der Waals surface area contributed by atoms with Gasteiger partial charge in [0.2, 0.25) is 5.91 Å². The molecule has 0 heterocycles. The Labute approximate surface area is 93.2 Å². The van der Waals surface area contributed by atoms with Gasteiger partial charge in [-0.2, -0.15) is 0 Å². The second kappa shape index (κ2) is 5.04. The first kappa shape index (κ1) is 11.9. The Kier molecular flexibility index (Phi) is 3.99. The number of thioether (sulfide) groups is 1. The van der Waals surface area contributed by atoms with Gasteiger partial charge in [0.15, 0.2) is 0 Å². The lowest BCUT2D eigenvalue weighted by molar-refractivity contribution is -0.118. The zero-order valence-corrected chi connectivity index (χ0v) is 9.38. The number of primary amides is 1. The number of hydrogen-bond donors (Lipinski definition) is 3. The van der Waals surface area contributed by atoms with Crippen molar-refractivity contribution in [2.24, 2.45) is 11.5 Å². The average Bonchev–Trinajstić information content (AvgIpc) is 2.19. The van der Waals surface area contributed by atoms with Crippen molar-refractivity contribution in [1.82, 2.24) is 0 Å². The highest BCUT2D eigenvalue weighted by Crippen LogP contribution is 2.26. The molecular weight excluding hydrogens is 210 g/mol. The molecule has 1 rings (SSSR count). The molecule has 5 heteroatoms. The first-order chi connectivity index (χ1) is 7.02. The van der Waals surface area contributed by atoms with E-state index < -0.39 is 11.9 Å². The predicted molar refractivity (Wildman–Crippen MR) is 63.5 cm³/mol. The van der Waals surface area contributed by atoms with Gasteiger partial charge in [-0.3, -0.25) is 4.79 Å². The molecule has 4 nitrogen and oxygen atoms in total. The maximum atomic E-state index is 10.7. The zero-order valence-electron chi connectivity index (χ0n) is 8.57. The highest BCUT2D eigenvalue weighted by molar-refractivity contribution is 7.99. The molecule has 1 amide bonds. The highest BCUT2D eigenvalue weighted by atomic mass is 32.2. The molecule has 0 fully saturated rings. The van der Waals surface area contributed by atoms with E-state index in [2.05, 4.69) is 0 Å². The van der Waals surface area contributed by atoms with E-state index in [0.717, 1.165) is 16.1 Å². The normalized spacial score (nSPS) is 12.4. The van der Waals surface area contributed by atoms with Crippen LogP contribution < -0.4 is 17.2 Å². The van der Waals surface area contributed by atoms with Gasteiger partial charge in [-0.05, 0) is 24.6 Å². The third-order valence-corrected chi connectivity index (χ3v) is 3.39. The third-order valence-electron chi connectivity index (χ3n) is 2.11. The van der Waals surface area contributed by atoms with E-state index in [0.29, 0.717) is 5.75 Å². The molecule has 1 atom stereocenters. The van der Waals surface area contributed by atoms with Gasteiger partial charge >= 0.3 is 0 Å². The molecule has 0 radical (unpaired) electrons. The largest absolute Gasteiger partial charge is 0.398 e. The molecule has 82 valence electrons. The Balaban J connectivity index is 2.66. The molecule has 0 spiro atoms. The van der Waals surface area contributed by atoms with Crippen LogP contribution in [0.2, 0.25) is 0 Å². The topological polar surface area (TPSA) is 95.1 Å². The highest BCUT2D eigenvalue weighted by Gasteiger charge is 2.10. The fourth-order valence-electron chi connectivity index (χ4n) is 1.05. The van der Waals surface area contributed by atoms with Gasteiger partial charge in [0.25, 0.3) is 0 Å². The van der Waals surface area contributed by atoms with Crippen LogP contribution >= 0.6 is 11.8 Å². The van der Waals surface area contributed by atoms with E-state index in [4.69, 9.17) is 17.2 Å². The summed E-state index contributed by atoms with van der Waals surface area (Å²) in [6.07, 6.45) is 0. The average molecular weight is 225 g/mol. The fourth-order valence-corrected chi connectivity index (χ4v) is 2.08. The molecule has 0 saturated carbocycles. The minimum absolute atomic E-state index is 0.472. The molecule has 15 heavy (non-hydrogen) atoms. The smallest absolute Gasteiger partial charge is 0.235 e. The van der Waals surface area contributed by atoms with E-state index in [1.807, 2.05) is 25.1 Å². The monoisotopic (exact) mass is 225 g/mol. The van der Waals surface area contributed by atoms with Crippen molar-refractivity contribution in [3.05, 3.63) is 23.8 Å². The van der Waals surface area contributed by atoms with Gasteiger partial charge in [0.1, 0.15) is 0 Å². The number of carbonyl (C=O) groups excluding carboxylic acids is 1.